The van der Waals surface area contributed by atoms with E-state index >= 15 is 0 Å². The number of pyridine rings is 1. The van der Waals surface area contributed by atoms with Gasteiger partial charge in [0, 0.05) is 12.2 Å². The van der Waals surface area contributed by atoms with E-state index in [2.05, 4.69) is 74.5 Å². The summed E-state index contributed by atoms with van der Waals surface area (Å²) in [6.07, 6.45) is 1.59. The number of nitrogens with zero attached hydrogens (tertiary/aromatic N) is 1. The molecule has 0 saturated heterocycles. The lowest BCUT2D eigenvalue weighted by molar-refractivity contribution is -0.115. The van der Waals surface area contributed by atoms with Crippen LogP contribution in [0, 0.1) is 5.92 Å². The number of amides is 1. The third-order valence-corrected chi connectivity index (χ3v) is 4.62. The molecule has 1 amide bonds. The lowest BCUT2D eigenvalue weighted by atomic mass is 9.85. The molecule has 140 valence electrons. The van der Waals surface area contributed by atoms with E-state index < -0.39 is 0 Å². The maximum atomic E-state index is 12.2. The summed E-state index contributed by atoms with van der Waals surface area (Å²) in [6, 6.07) is 12.2. The van der Waals surface area contributed by atoms with E-state index in [0.717, 1.165) is 0 Å². The number of carbonyl (C=O) groups excluding carboxylic acids is 1. The molecule has 1 heterocycles. The van der Waals surface area contributed by atoms with Crippen LogP contribution in [0.4, 0.5) is 5.69 Å². The summed E-state index contributed by atoms with van der Waals surface area (Å²) in [5, 5.41) is 6.44. The standard InChI is InChI=1S/C21H28ClN3O/c1-14(2)19(15-8-10-16(11-9-15)21(3,4)5)24-13-18(26)25-17-7-6-12-23-20(17)22/h6-12,14,19,24H,13H2,1-5H3,(H,25,26)/t19-/m0/s1. The van der Waals surface area contributed by atoms with Crippen LogP contribution in [0.2, 0.25) is 5.15 Å². The molecule has 0 spiro atoms. The first-order chi connectivity index (χ1) is 12.2. The fraction of sp³-hybridized carbons (Fsp3) is 0.429. The van der Waals surface area contributed by atoms with Crippen LogP contribution in [0.15, 0.2) is 42.6 Å². The number of halogens is 1. The molecule has 2 N–H and O–H groups in total. The molecule has 0 saturated carbocycles. The number of nitrogens with one attached hydrogen (secondary N) is 2. The van der Waals surface area contributed by atoms with Crippen LogP contribution in [-0.4, -0.2) is 17.4 Å². The summed E-state index contributed by atoms with van der Waals surface area (Å²) in [6.45, 7) is 11.1. The highest BCUT2D eigenvalue weighted by Gasteiger charge is 2.19. The molecule has 2 aromatic rings. The summed E-state index contributed by atoms with van der Waals surface area (Å²) < 4.78 is 0. The van der Waals surface area contributed by atoms with Crippen LogP contribution in [0.1, 0.15) is 51.8 Å². The summed E-state index contributed by atoms with van der Waals surface area (Å²) in [4.78, 5) is 16.2. The van der Waals surface area contributed by atoms with Crippen molar-refractivity contribution in [1.82, 2.24) is 10.3 Å². The second kappa shape index (κ2) is 8.65. The SMILES string of the molecule is CC(C)[C@H](NCC(=O)Nc1cccnc1Cl)c1ccc(C(C)(C)C)cc1. The minimum Gasteiger partial charge on any atom is -0.322 e. The molecule has 0 aliphatic rings. The van der Waals surface area contributed by atoms with Crippen LogP contribution >= 0.6 is 11.6 Å². The molecule has 1 atom stereocenters. The molecule has 0 unspecified atom stereocenters. The second-order valence-corrected chi connectivity index (χ2v) is 8.22. The Kier molecular flexibility index (Phi) is 6.79. The van der Waals surface area contributed by atoms with Gasteiger partial charge in [0.25, 0.3) is 0 Å². The van der Waals surface area contributed by atoms with E-state index in [1.54, 1.807) is 18.3 Å². The summed E-state index contributed by atoms with van der Waals surface area (Å²) in [7, 11) is 0. The second-order valence-electron chi connectivity index (χ2n) is 7.86. The van der Waals surface area contributed by atoms with Crippen molar-refractivity contribution in [3.8, 4) is 0 Å². The smallest absolute Gasteiger partial charge is 0.238 e. The maximum Gasteiger partial charge on any atom is 0.238 e. The Morgan fingerprint density at radius 1 is 1.15 bits per heavy atom. The average molecular weight is 374 g/mol. The number of benzene rings is 1. The lowest BCUT2D eigenvalue weighted by Gasteiger charge is -2.25. The summed E-state index contributed by atoms with van der Waals surface area (Å²) in [5.41, 5.74) is 3.13. The van der Waals surface area contributed by atoms with E-state index in [-0.39, 0.29) is 23.9 Å². The molecule has 1 aromatic carbocycles. The van der Waals surface area contributed by atoms with Gasteiger partial charge in [-0.05, 0) is 34.6 Å². The van der Waals surface area contributed by atoms with Crippen LogP contribution in [0.25, 0.3) is 0 Å². The number of aromatic nitrogens is 1. The van der Waals surface area contributed by atoms with Crippen molar-refractivity contribution in [2.45, 2.75) is 46.1 Å². The minimum atomic E-state index is -0.142. The van der Waals surface area contributed by atoms with E-state index in [1.807, 2.05) is 0 Å². The van der Waals surface area contributed by atoms with Gasteiger partial charge >= 0.3 is 0 Å². The summed E-state index contributed by atoms with van der Waals surface area (Å²) in [5.74, 6) is 0.210. The van der Waals surface area contributed by atoms with E-state index in [4.69, 9.17) is 11.6 Å². The van der Waals surface area contributed by atoms with Gasteiger partial charge in [-0.1, -0.05) is 70.5 Å². The average Bonchev–Trinajstić information content (AvgIpc) is 2.56. The minimum absolute atomic E-state index is 0.0964. The lowest BCUT2D eigenvalue weighted by Crippen LogP contribution is -2.33. The van der Waals surface area contributed by atoms with Crippen molar-refractivity contribution in [2.75, 3.05) is 11.9 Å². The monoisotopic (exact) mass is 373 g/mol. The molecular formula is C21H28ClN3O. The zero-order valence-corrected chi connectivity index (χ0v) is 16.9. The topological polar surface area (TPSA) is 54.0 Å². The Balaban J connectivity index is 2.02. The normalized spacial score (nSPS) is 12.9. The van der Waals surface area contributed by atoms with E-state index in [0.29, 0.717) is 16.8 Å². The van der Waals surface area contributed by atoms with Crippen LogP contribution in [0.5, 0.6) is 0 Å². The van der Waals surface area contributed by atoms with Crippen LogP contribution in [-0.2, 0) is 10.2 Å². The summed E-state index contributed by atoms with van der Waals surface area (Å²) >= 11 is 5.98. The first-order valence-electron chi connectivity index (χ1n) is 8.92. The zero-order chi connectivity index (χ0) is 19.3. The van der Waals surface area contributed by atoms with Crippen molar-refractivity contribution >= 4 is 23.2 Å². The van der Waals surface area contributed by atoms with Crippen LogP contribution in [0.3, 0.4) is 0 Å². The highest BCUT2D eigenvalue weighted by Crippen LogP contribution is 2.26. The van der Waals surface area contributed by atoms with Crippen molar-refractivity contribution in [3.05, 3.63) is 58.9 Å². The Morgan fingerprint density at radius 3 is 2.35 bits per heavy atom. The number of anilines is 1. The molecule has 4 nitrogen and oxygen atoms in total. The van der Waals surface area contributed by atoms with Gasteiger partial charge in [-0.15, -0.1) is 0 Å². The quantitative estimate of drug-likeness (QED) is 0.704. The molecule has 26 heavy (non-hydrogen) atoms. The van der Waals surface area contributed by atoms with Gasteiger partial charge < -0.3 is 10.6 Å². The maximum absolute atomic E-state index is 12.2. The predicted octanol–water partition coefficient (Wildman–Crippen LogP) is 4.96. The molecule has 5 heteroatoms. The zero-order valence-electron chi connectivity index (χ0n) is 16.1. The molecule has 0 fully saturated rings. The molecule has 0 radical (unpaired) electrons. The van der Waals surface area contributed by atoms with Crippen molar-refractivity contribution < 1.29 is 4.79 Å². The third kappa shape index (κ3) is 5.55. The van der Waals surface area contributed by atoms with Crippen molar-refractivity contribution in [1.29, 1.82) is 0 Å². The van der Waals surface area contributed by atoms with E-state index in [1.165, 1.54) is 11.1 Å². The van der Waals surface area contributed by atoms with Crippen molar-refractivity contribution in [2.24, 2.45) is 5.92 Å². The van der Waals surface area contributed by atoms with Gasteiger partial charge in [0.15, 0.2) is 5.15 Å². The third-order valence-electron chi connectivity index (χ3n) is 4.32. The van der Waals surface area contributed by atoms with Gasteiger partial charge in [0.2, 0.25) is 5.91 Å². The first-order valence-corrected chi connectivity index (χ1v) is 9.30. The Labute approximate surface area is 161 Å². The Morgan fingerprint density at radius 2 is 1.81 bits per heavy atom. The molecule has 2 rings (SSSR count). The number of carbonyl (C=O) groups is 1. The first kappa shape index (κ1) is 20.4. The van der Waals surface area contributed by atoms with Gasteiger partial charge in [0.05, 0.1) is 12.2 Å². The number of hydrogen-bond donors (Lipinski definition) is 2. The number of hydrogen-bond acceptors (Lipinski definition) is 3. The molecular weight excluding hydrogens is 346 g/mol. The highest BCUT2D eigenvalue weighted by atomic mass is 35.5. The fourth-order valence-electron chi connectivity index (χ4n) is 2.81. The Bertz CT molecular complexity index is 736. The van der Waals surface area contributed by atoms with Gasteiger partial charge in [0.1, 0.15) is 0 Å². The molecule has 0 aliphatic carbocycles. The Hall–Kier alpha value is -1.91. The predicted molar refractivity (Wildman–Crippen MR) is 109 cm³/mol. The fourth-order valence-corrected chi connectivity index (χ4v) is 2.97. The molecule has 0 aliphatic heterocycles. The van der Waals surface area contributed by atoms with Crippen molar-refractivity contribution in [3.63, 3.8) is 0 Å². The van der Waals surface area contributed by atoms with Gasteiger partial charge in [-0.25, -0.2) is 4.98 Å². The van der Waals surface area contributed by atoms with Crippen LogP contribution < -0.4 is 10.6 Å². The van der Waals surface area contributed by atoms with Gasteiger partial charge in [-0.3, -0.25) is 4.79 Å². The number of rotatable bonds is 6. The van der Waals surface area contributed by atoms with E-state index in [9.17, 15) is 4.79 Å². The molecule has 1 aromatic heterocycles. The van der Waals surface area contributed by atoms with Gasteiger partial charge in [-0.2, -0.15) is 0 Å². The highest BCUT2D eigenvalue weighted by molar-refractivity contribution is 6.32. The molecule has 0 bridgehead atoms. The largest absolute Gasteiger partial charge is 0.322 e.